The van der Waals surface area contributed by atoms with Crippen LogP contribution >= 0.6 is 0 Å². The molecule has 0 saturated carbocycles. The van der Waals surface area contributed by atoms with Gasteiger partial charge in [-0.2, -0.15) is 0 Å². The molecule has 3 fully saturated rings. The Kier molecular flexibility index (Phi) is 11.8. The molecule has 4 aliphatic heterocycles. The summed E-state index contributed by atoms with van der Waals surface area (Å²) < 4.78 is 0. The van der Waals surface area contributed by atoms with E-state index in [9.17, 15) is 19.2 Å². The second kappa shape index (κ2) is 16.9. The predicted molar refractivity (Wildman–Crippen MR) is 210 cm³/mol. The van der Waals surface area contributed by atoms with E-state index in [1.165, 1.54) is 16.1 Å². The lowest BCUT2D eigenvalue weighted by Gasteiger charge is -2.42. The van der Waals surface area contributed by atoms with E-state index in [0.717, 1.165) is 28.5 Å². The maximum Gasteiger partial charge on any atom is 0.252 e. The number of carbonyl (C=O) groups is 6. The number of ketones is 1. The van der Waals surface area contributed by atoms with Gasteiger partial charge < -0.3 is 30.7 Å². The van der Waals surface area contributed by atoms with Crippen LogP contribution in [-0.4, -0.2) is 116 Å². The summed E-state index contributed by atoms with van der Waals surface area (Å²) in [6.07, 6.45) is 8.23. The summed E-state index contributed by atoms with van der Waals surface area (Å²) in [5.74, 6) is -3.08. The third kappa shape index (κ3) is 7.67. The van der Waals surface area contributed by atoms with Gasteiger partial charge in [-0.3, -0.25) is 33.7 Å². The number of H-pyrrole nitrogens is 1. The van der Waals surface area contributed by atoms with E-state index in [1.807, 2.05) is 44.2 Å². The molecule has 5 heterocycles. The lowest BCUT2D eigenvalue weighted by atomic mass is 9.93. The van der Waals surface area contributed by atoms with Crippen molar-refractivity contribution in [1.82, 2.24) is 35.3 Å². The van der Waals surface area contributed by atoms with Gasteiger partial charge in [0, 0.05) is 42.4 Å². The van der Waals surface area contributed by atoms with Crippen LogP contribution in [0.15, 0.2) is 48.9 Å². The second-order valence-electron chi connectivity index (χ2n) is 15.9. The lowest BCUT2D eigenvalue weighted by molar-refractivity contribution is -0.162. The molecule has 0 aliphatic carbocycles. The first-order valence-corrected chi connectivity index (χ1v) is 20.4. The van der Waals surface area contributed by atoms with Crippen molar-refractivity contribution in [2.75, 3.05) is 25.0 Å². The number of benzene rings is 2. The number of hydrogen-bond acceptors (Lipinski definition) is 9. The molecule has 7 atom stereocenters. The number of fused-ring (bicyclic) bond motifs is 5. The number of imidazole rings is 1. The van der Waals surface area contributed by atoms with Crippen molar-refractivity contribution in [1.29, 1.82) is 0 Å². The van der Waals surface area contributed by atoms with Crippen LogP contribution in [-0.2, 0) is 30.4 Å². The highest BCUT2D eigenvalue weighted by Crippen LogP contribution is 2.34. The van der Waals surface area contributed by atoms with Crippen molar-refractivity contribution in [3.05, 3.63) is 60.2 Å². The number of rotatable bonds is 5. The number of piperidine rings is 2. The summed E-state index contributed by atoms with van der Waals surface area (Å²) >= 11 is 0. The average Bonchev–Trinajstić information content (AvgIpc) is 3.94. The van der Waals surface area contributed by atoms with Crippen LogP contribution in [0.3, 0.4) is 0 Å². The highest BCUT2D eigenvalue weighted by Gasteiger charge is 2.48. The highest BCUT2D eigenvalue weighted by molar-refractivity contribution is 6.13. The molecule has 2 aromatic carbocycles. The van der Waals surface area contributed by atoms with Gasteiger partial charge in [-0.1, -0.05) is 57.0 Å². The summed E-state index contributed by atoms with van der Waals surface area (Å²) in [6, 6.07) is 5.39. The predicted octanol–water partition coefficient (Wildman–Crippen LogP) is 3.57. The number of aromatic nitrogens is 2. The first-order valence-electron chi connectivity index (χ1n) is 20.4. The normalized spacial score (nSPS) is 27.6. The number of amides is 5. The number of imide groups is 1. The Morgan fingerprint density at radius 1 is 0.857 bits per heavy atom. The number of hydrogen-bond donors (Lipinski definition) is 4. The zero-order chi connectivity index (χ0) is 39.5. The largest absolute Gasteiger partial charge is 0.373 e. The average molecular weight is 767 g/mol. The van der Waals surface area contributed by atoms with Crippen LogP contribution in [0, 0.1) is 5.92 Å². The molecule has 298 valence electrons. The van der Waals surface area contributed by atoms with Crippen molar-refractivity contribution in [3.63, 3.8) is 0 Å². The van der Waals surface area contributed by atoms with Crippen LogP contribution in [0.2, 0.25) is 0 Å². The number of aromatic amines is 1. The highest BCUT2D eigenvalue weighted by atomic mass is 16.2. The fraction of sp³-hybridized carbons (Fsp3) is 0.548. The van der Waals surface area contributed by atoms with Gasteiger partial charge in [0.25, 0.3) is 5.91 Å². The van der Waals surface area contributed by atoms with Crippen molar-refractivity contribution >= 4 is 51.8 Å². The molecule has 56 heavy (non-hydrogen) atoms. The smallest absolute Gasteiger partial charge is 0.252 e. The minimum absolute atomic E-state index is 0.0487. The third-order valence-electron chi connectivity index (χ3n) is 12.3. The summed E-state index contributed by atoms with van der Waals surface area (Å²) in [6.45, 7) is 6.63. The molecule has 0 spiro atoms. The molecule has 1 aromatic heterocycles. The molecule has 7 rings (SSSR count). The summed E-state index contributed by atoms with van der Waals surface area (Å²) in [4.78, 5) is 100. The van der Waals surface area contributed by atoms with Crippen LogP contribution in [0.25, 0.3) is 10.8 Å². The molecule has 0 bridgehead atoms. The van der Waals surface area contributed by atoms with E-state index in [2.05, 4.69) is 25.9 Å². The number of nitrogens with zero attached hydrogens (tertiary/aromatic N) is 4. The van der Waals surface area contributed by atoms with E-state index in [-0.39, 0.29) is 31.2 Å². The van der Waals surface area contributed by atoms with E-state index < -0.39 is 65.8 Å². The third-order valence-corrected chi connectivity index (χ3v) is 12.3. The summed E-state index contributed by atoms with van der Waals surface area (Å²) in [5.41, 5.74) is 1.33. The fourth-order valence-electron chi connectivity index (χ4n) is 8.88. The van der Waals surface area contributed by atoms with Crippen molar-refractivity contribution in [2.45, 2.75) is 121 Å². The Morgan fingerprint density at radius 2 is 1.61 bits per heavy atom. The van der Waals surface area contributed by atoms with Crippen molar-refractivity contribution < 1.29 is 28.8 Å². The van der Waals surface area contributed by atoms with Crippen molar-refractivity contribution in [2.24, 2.45) is 5.92 Å². The van der Waals surface area contributed by atoms with E-state index in [4.69, 9.17) is 0 Å². The Bertz CT molecular complexity index is 1960. The fourth-order valence-corrected chi connectivity index (χ4v) is 8.88. The zero-order valence-electron chi connectivity index (χ0n) is 32.6. The number of carbonyl (C=O) groups excluding carboxylic acids is 6. The number of Topliss-reactive ketones (excluding diaryl/α,β-unsaturated/α-hetero) is 1. The molecule has 5 amide bonds. The van der Waals surface area contributed by atoms with Gasteiger partial charge in [-0.25, -0.2) is 4.98 Å². The van der Waals surface area contributed by atoms with Gasteiger partial charge in [0.2, 0.25) is 23.6 Å². The maximum absolute atomic E-state index is 15.3. The molecule has 3 aromatic rings. The SMILES string of the molecule is CCC(C)C1NC(=O)C(C)Nc2c(ccc3ccccc23)C(=O)C2CCCN2C(=O)C(Cc2cnc[nH]2)N(C(=O)C2CCCCN2)C(=O)C2CCCCN2C1=O. The molecule has 4 N–H and O–H groups in total. The lowest BCUT2D eigenvalue weighted by Crippen LogP contribution is -2.65. The molecular formula is C42H54N8O6. The first kappa shape index (κ1) is 39.1. The van der Waals surface area contributed by atoms with Crippen LogP contribution in [0.5, 0.6) is 0 Å². The minimum Gasteiger partial charge on any atom is -0.373 e. The Hall–Kier alpha value is -5.11. The first-order chi connectivity index (χ1) is 27.1. The van der Waals surface area contributed by atoms with E-state index >= 15 is 9.59 Å². The quantitative estimate of drug-likeness (QED) is 0.283. The number of nitrogens with one attached hydrogen (secondary N) is 4. The molecule has 4 aliphatic rings. The molecule has 0 radical (unpaired) electrons. The molecule has 3 saturated heterocycles. The van der Waals surface area contributed by atoms with Crippen LogP contribution in [0.1, 0.15) is 94.6 Å². The van der Waals surface area contributed by atoms with E-state index in [0.29, 0.717) is 68.4 Å². The molecule has 7 unspecified atom stereocenters. The standard InChI is InChI=1S/C42H54N8O6/c1-4-25(2)35-42(56)49-20-10-8-15-33(49)41(55)50(39(53)31-14-7-9-19-44-31)34(22-28-23-43-24-45-28)40(54)48-21-11-16-32(48)37(51)30-18-17-27-12-5-6-13-29(27)36(30)46-26(3)38(52)47-35/h5-6,12-13,17-18,23-26,31-35,44,46H,4,7-11,14-16,19-22H2,1-3H3,(H,43,45)(H,47,52). The Balaban J connectivity index is 1.40. The van der Waals surface area contributed by atoms with Gasteiger partial charge in [-0.05, 0) is 75.8 Å². The van der Waals surface area contributed by atoms with Gasteiger partial charge in [0.15, 0.2) is 5.78 Å². The van der Waals surface area contributed by atoms with Gasteiger partial charge in [0.05, 0.1) is 24.1 Å². The molecule has 14 nitrogen and oxygen atoms in total. The summed E-state index contributed by atoms with van der Waals surface area (Å²) in [5, 5.41) is 11.2. The number of anilines is 1. The monoisotopic (exact) mass is 766 g/mol. The Labute approximate surface area is 327 Å². The van der Waals surface area contributed by atoms with Gasteiger partial charge in [0.1, 0.15) is 24.2 Å². The van der Waals surface area contributed by atoms with Gasteiger partial charge >= 0.3 is 0 Å². The molecular weight excluding hydrogens is 713 g/mol. The Morgan fingerprint density at radius 3 is 2.36 bits per heavy atom. The second-order valence-corrected chi connectivity index (χ2v) is 15.9. The zero-order valence-corrected chi connectivity index (χ0v) is 32.6. The van der Waals surface area contributed by atoms with Crippen molar-refractivity contribution in [3.8, 4) is 0 Å². The maximum atomic E-state index is 15.3. The van der Waals surface area contributed by atoms with Gasteiger partial charge in [-0.15, -0.1) is 0 Å². The van der Waals surface area contributed by atoms with Crippen LogP contribution in [0.4, 0.5) is 5.69 Å². The van der Waals surface area contributed by atoms with Crippen LogP contribution < -0.4 is 16.0 Å². The molecule has 14 heteroatoms. The minimum atomic E-state index is -1.32. The summed E-state index contributed by atoms with van der Waals surface area (Å²) in [7, 11) is 0. The van der Waals surface area contributed by atoms with E-state index in [1.54, 1.807) is 19.2 Å². The topological polar surface area (TPSA) is 177 Å².